The zero-order chi connectivity index (χ0) is 18.7. The van der Waals surface area contributed by atoms with Gasteiger partial charge in [0.2, 0.25) is 5.95 Å². The molecular formula is C19H30N4O3. The van der Waals surface area contributed by atoms with E-state index < -0.39 is 6.10 Å². The summed E-state index contributed by atoms with van der Waals surface area (Å²) in [7, 11) is 3.60. The van der Waals surface area contributed by atoms with Gasteiger partial charge in [0.05, 0.1) is 18.1 Å². The molecule has 2 heterocycles. The Balaban J connectivity index is 1.74. The number of ether oxygens (including phenoxy) is 2. The van der Waals surface area contributed by atoms with Crippen molar-refractivity contribution in [3.8, 4) is 11.5 Å². The maximum Gasteiger partial charge on any atom is 0.203 e. The summed E-state index contributed by atoms with van der Waals surface area (Å²) in [6.07, 6.45) is 1.91. The van der Waals surface area contributed by atoms with Crippen LogP contribution in [0.5, 0.6) is 11.5 Å². The van der Waals surface area contributed by atoms with Gasteiger partial charge in [-0.3, -0.25) is 0 Å². The molecule has 1 fully saturated rings. The van der Waals surface area contributed by atoms with Crippen molar-refractivity contribution in [2.45, 2.75) is 38.8 Å². The van der Waals surface area contributed by atoms with Gasteiger partial charge in [0.15, 0.2) is 11.5 Å². The molecule has 3 rings (SSSR count). The molecule has 0 amide bonds. The van der Waals surface area contributed by atoms with Gasteiger partial charge in [0.1, 0.15) is 12.7 Å². The van der Waals surface area contributed by atoms with Crippen LogP contribution >= 0.6 is 0 Å². The number of nitrogens with zero attached hydrogens (tertiary/aromatic N) is 3. The lowest BCUT2D eigenvalue weighted by Crippen LogP contribution is -2.33. The van der Waals surface area contributed by atoms with Gasteiger partial charge in [0.25, 0.3) is 0 Å². The fourth-order valence-electron chi connectivity index (χ4n) is 3.36. The van der Waals surface area contributed by atoms with Crippen LogP contribution in [-0.2, 0) is 7.05 Å². The third-order valence-corrected chi connectivity index (χ3v) is 4.68. The zero-order valence-electron chi connectivity index (χ0n) is 16.2. The number of aliphatic hydroxyl groups is 1. The van der Waals surface area contributed by atoms with E-state index in [1.165, 1.54) is 12.8 Å². The van der Waals surface area contributed by atoms with E-state index in [-0.39, 0.29) is 6.61 Å². The Hall–Kier alpha value is -1.99. The van der Waals surface area contributed by atoms with E-state index in [1.54, 1.807) is 7.11 Å². The number of methoxy groups -OCH3 is 1. The highest BCUT2D eigenvalue weighted by molar-refractivity contribution is 5.82. The lowest BCUT2D eigenvalue weighted by atomic mass is 10.2. The van der Waals surface area contributed by atoms with Crippen LogP contribution in [0.15, 0.2) is 12.1 Å². The maximum atomic E-state index is 10.3. The fourth-order valence-corrected chi connectivity index (χ4v) is 3.36. The first kappa shape index (κ1) is 18.8. The number of aliphatic hydroxyl groups excluding tert-OH is 1. The molecule has 0 radical (unpaired) electrons. The van der Waals surface area contributed by atoms with Crippen molar-refractivity contribution in [2.75, 3.05) is 38.7 Å². The summed E-state index contributed by atoms with van der Waals surface area (Å²) in [6.45, 7) is 7.17. The van der Waals surface area contributed by atoms with Crippen molar-refractivity contribution in [3.05, 3.63) is 12.1 Å². The number of aromatic nitrogens is 2. The van der Waals surface area contributed by atoms with E-state index >= 15 is 0 Å². The third kappa shape index (κ3) is 4.22. The molecule has 2 N–H and O–H groups in total. The summed E-state index contributed by atoms with van der Waals surface area (Å²) in [5.74, 6) is 2.06. The second kappa shape index (κ2) is 8.14. The zero-order valence-corrected chi connectivity index (χ0v) is 16.2. The predicted molar refractivity (Wildman–Crippen MR) is 103 cm³/mol. The van der Waals surface area contributed by atoms with E-state index in [0.717, 1.165) is 30.1 Å². The lowest BCUT2D eigenvalue weighted by Gasteiger charge is -2.20. The van der Waals surface area contributed by atoms with E-state index in [1.807, 2.05) is 23.7 Å². The minimum atomic E-state index is -0.518. The highest BCUT2D eigenvalue weighted by Gasteiger charge is 2.18. The Morgan fingerprint density at radius 1 is 1.23 bits per heavy atom. The van der Waals surface area contributed by atoms with Crippen LogP contribution in [0.3, 0.4) is 0 Å². The van der Waals surface area contributed by atoms with Gasteiger partial charge >= 0.3 is 0 Å². The highest BCUT2D eigenvalue weighted by atomic mass is 16.5. The second-order valence-corrected chi connectivity index (χ2v) is 7.26. The second-order valence-electron chi connectivity index (χ2n) is 7.26. The van der Waals surface area contributed by atoms with E-state index in [2.05, 4.69) is 29.0 Å². The SMILES string of the molecule is COc1cc2c(cc1OC[C@H](O)CN1CCCC1)nc(NC(C)C)n2C. The molecule has 26 heavy (non-hydrogen) atoms. The summed E-state index contributed by atoms with van der Waals surface area (Å²) in [4.78, 5) is 6.92. The first-order valence-corrected chi connectivity index (χ1v) is 9.32. The van der Waals surface area contributed by atoms with Gasteiger partial charge in [0, 0.05) is 31.8 Å². The first-order valence-electron chi connectivity index (χ1n) is 9.32. The van der Waals surface area contributed by atoms with Crippen molar-refractivity contribution in [1.29, 1.82) is 0 Å². The Morgan fingerprint density at radius 3 is 2.62 bits per heavy atom. The molecule has 1 aliphatic heterocycles. The minimum Gasteiger partial charge on any atom is -0.493 e. The average molecular weight is 362 g/mol. The fraction of sp³-hybridized carbons (Fsp3) is 0.632. The van der Waals surface area contributed by atoms with Gasteiger partial charge in [-0.2, -0.15) is 0 Å². The number of anilines is 1. The van der Waals surface area contributed by atoms with Crippen molar-refractivity contribution < 1.29 is 14.6 Å². The Kier molecular flexibility index (Phi) is 5.88. The highest BCUT2D eigenvalue weighted by Crippen LogP contribution is 2.33. The molecule has 1 atom stereocenters. The van der Waals surface area contributed by atoms with Crippen LogP contribution in [-0.4, -0.2) is 65.1 Å². The van der Waals surface area contributed by atoms with Crippen molar-refractivity contribution in [2.24, 2.45) is 7.05 Å². The summed E-state index contributed by atoms with van der Waals surface area (Å²) >= 11 is 0. The number of hydrogen-bond donors (Lipinski definition) is 2. The molecular weight excluding hydrogens is 332 g/mol. The third-order valence-electron chi connectivity index (χ3n) is 4.68. The molecule has 144 valence electrons. The lowest BCUT2D eigenvalue weighted by molar-refractivity contribution is 0.0747. The molecule has 1 aromatic heterocycles. The summed E-state index contributed by atoms with van der Waals surface area (Å²) in [6, 6.07) is 4.10. The van der Waals surface area contributed by atoms with Gasteiger partial charge in [-0.05, 0) is 39.8 Å². The monoisotopic (exact) mass is 362 g/mol. The summed E-state index contributed by atoms with van der Waals surface area (Å²) < 4.78 is 13.4. The number of rotatable bonds is 8. The van der Waals surface area contributed by atoms with Crippen molar-refractivity contribution >= 4 is 17.0 Å². The Morgan fingerprint density at radius 2 is 1.96 bits per heavy atom. The largest absolute Gasteiger partial charge is 0.493 e. The normalized spacial score (nSPS) is 16.4. The predicted octanol–water partition coefficient (Wildman–Crippen LogP) is 2.24. The van der Waals surface area contributed by atoms with Gasteiger partial charge in [-0.25, -0.2) is 4.98 Å². The number of aryl methyl sites for hydroxylation is 1. The quantitative estimate of drug-likeness (QED) is 0.750. The number of likely N-dealkylation sites (tertiary alicyclic amines) is 1. The summed E-state index contributed by atoms with van der Waals surface area (Å²) in [5.41, 5.74) is 1.80. The number of β-amino-alcohol motifs (C(OH)–C–C–N with tert-alkyl or cyclic N) is 1. The molecule has 1 aliphatic rings. The number of nitrogens with one attached hydrogen (secondary N) is 1. The standard InChI is InChI=1S/C19H30N4O3/c1-13(2)20-19-21-15-9-18(17(25-4)10-16(15)22(19)3)26-12-14(24)11-23-7-5-6-8-23/h9-10,13-14,24H,5-8,11-12H2,1-4H3,(H,20,21)/t14-/m1/s1. The van der Waals surface area contributed by atoms with Crippen molar-refractivity contribution in [3.63, 3.8) is 0 Å². The molecule has 0 saturated carbocycles. The van der Waals surface area contributed by atoms with E-state index in [9.17, 15) is 5.11 Å². The molecule has 7 nitrogen and oxygen atoms in total. The summed E-state index contributed by atoms with van der Waals surface area (Å²) in [5, 5.41) is 13.6. The molecule has 0 bridgehead atoms. The topological polar surface area (TPSA) is 71.8 Å². The van der Waals surface area contributed by atoms with E-state index in [0.29, 0.717) is 24.1 Å². The molecule has 7 heteroatoms. The molecule has 0 aliphatic carbocycles. The van der Waals surface area contributed by atoms with Gasteiger partial charge in [-0.1, -0.05) is 0 Å². The Labute approximate surface area is 154 Å². The minimum absolute atomic E-state index is 0.238. The van der Waals surface area contributed by atoms with Crippen LogP contribution in [0, 0.1) is 0 Å². The number of fused-ring (bicyclic) bond motifs is 1. The molecule has 2 aromatic rings. The molecule has 0 unspecified atom stereocenters. The van der Waals surface area contributed by atoms with Gasteiger partial charge < -0.3 is 29.4 Å². The average Bonchev–Trinajstić information content (AvgIpc) is 3.20. The van der Waals surface area contributed by atoms with Gasteiger partial charge in [-0.15, -0.1) is 0 Å². The van der Waals surface area contributed by atoms with Crippen LogP contribution in [0.4, 0.5) is 5.95 Å². The van der Waals surface area contributed by atoms with Crippen LogP contribution in [0.25, 0.3) is 11.0 Å². The molecule has 1 aromatic carbocycles. The maximum absolute atomic E-state index is 10.3. The smallest absolute Gasteiger partial charge is 0.203 e. The van der Waals surface area contributed by atoms with Crippen molar-refractivity contribution in [1.82, 2.24) is 14.5 Å². The van der Waals surface area contributed by atoms with E-state index in [4.69, 9.17) is 9.47 Å². The number of hydrogen-bond acceptors (Lipinski definition) is 6. The first-order chi connectivity index (χ1) is 12.5. The van der Waals surface area contributed by atoms with Crippen LogP contribution in [0.2, 0.25) is 0 Å². The van der Waals surface area contributed by atoms with Crippen LogP contribution < -0.4 is 14.8 Å². The molecule has 1 saturated heterocycles. The Bertz CT molecular complexity index is 738. The van der Waals surface area contributed by atoms with Crippen LogP contribution in [0.1, 0.15) is 26.7 Å². The molecule has 0 spiro atoms. The number of benzene rings is 1. The number of imidazole rings is 1.